The first-order valence-corrected chi connectivity index (χ1v) is 6.49. The van der Waals surface area contributed by atoms with Crippen LogP contribution in [0.2, 0.25) is 0 Å². The maximum atomic E-state index is 3.57. The van der Waals surface area contributed by atoms with Gasteiger partial charge in [-0.05, 0) is 30.4 Å². The fraction of sp³-hybridized carbons (Fsp3) is 0.600. The lowest BCUT2D eigenvalue weighted by Crippen LogP contribution is -2.25. The van der Waals surface area contributed by atoms with Gasteiger partial charge in [0.1, 0.15) is 0 Å². The maximum absolute atomic E-state index is 3.57. The van der Waals surface area contributed by atoms with Crippen LogP contribution in [0.4, 0.5) is 0 Å². The first-order chi connectivity index (χ1) is 7.74. The minimum absolute atomic E-state index is 0.607. The number of nitrogens with one attached hydrogen (secondary N) is 1. The molecule has 1 N–H and O–H groups in total. The molecule has 0 heterocycles. The van der Waals surface area contributed by atoms with Crippen molar-refractivity contribution in [2.24, 2.45) is 5.92 Å². The van der Waals surface area contributed by atoms with Crippen molar-refractivity contribution in [3.8, 4) is 0 Å². The highest BCUT2D eigenvalue weighted by molar-refractivity contribution is 5.18. The van der Waals surface area contributed by atoms with E-state index in [9.17, 15) is 0 Å². The molecule has 1 aromatic carbocycles. The molecular formula is C15H25N. The van der Waals surface area contributed by atoms with Crippen LogP contribution in [-0.4, -0.2) is 13.1 Å². The second kappa shape index (κ2) is 7.45. The molecule has 0 fully saturated rings. The Hall–Kier alpha value is -0.820. The third-order valence-electron chi connectivity index (χ3n) is 3.09. The van der Waals surface area contributed by atoms with Crippen molar-refractivity contribution >= 4 is 0 Å². The molecule has 0 aromatic heterocycles. The molecule has 1 nitrogen and oxygen atoms in total. The lowest BCUT2D eigenvalue weighted by atomic mass is 10.0. The predicted octanol–water partition coefficient (Wildman–Crippen LogP) is 3.82. The molecule has 90 valence electrons. The Morgan fingerprint density at radius 1 is 1.06 bits per heavy atom. The van der Waals surface area contributed by atoms with Gasteiger partial charge < -0.3 is 5.32 Å². The zero-order chi connectivity index (χ0) is 11.8. The molecule has 0 aliphatic heterocycles. The van der Waals surface area contributed by atoms with E-state index in [1.54, 1.807) is 0 Å². The van der Waals surface area contributed by atoms with Crippen LogP contribution >= 0.6 is 0 Å². The predicted molar refractivity (Wildman–Crippen MR) is 71.8 cm³/mol. The van der Waals surface area contributed by atoms with Gasteiger partial charge in [-0.15, -0.1) is 0 Å². The second-order valence-corrected chi connectivity index (χ2v) is 4.86. The van der Waals surface area contributed by atoms with Crippen molar-refractivity contribution in [2.75, 3.05) is 13.1 Å². The Labute approximate surface area is 100 Å². The zero-order valence-electron chi connectivity index (χ0n) is 10.9. The Morgan fingerprint density at radius 3 is 2.38 bits per heavy atom. The number of hydrogen-bond acceptors (Lipinski definition) is 1. The summed E-state index contributed by atoms with van der Waals surface area (Å²) in [5, 5.41) is 3.57. The molecule has 0 aliphatic carbocycles. The molecule has 1 rings (SSSR count). The molecule has 0 spiro atoms. The summed E-state index contributed by atoms with van der Waals surface area (Å²) in [5.74, 6) is 1.41. The van der Waals surface area contributed by atoms with Crippen LogP contribution < -0.4 is 5.32 Å². The van der Waals surface area contributed by atoms with Crippen molar-refractivity contribution < 1.29 is 0 Å². The Morgan fingerprint density at radius 2 is 1.75 bits per heavy atom. The topological polar surface area (TPSA) is 12.0 Å². The van der Waals surface area contributed by atoms with E-state index in [0.29, 0.717) is 5.92 Å². The van der Waals surface area contributed by atoms with Gasteiger partial charge in [0.15, 0.2) is 0 Å². The van der Waals surface area contributed by atoms with Crippen LogP contribution in [0.5, 0.6) is 0 Å². The lowest BCUT2D eigenvalue weighted by molar-refractivity contribution is 0.466. The molecule has 16 heavy (non-hydrogen) atoms. The van der Waals surface area contributed by atoms with E-state index >= 15 is 0 Å². The number of rotatable bonds is 7. The summed E-state index contributed by atoms with van der Waals surface area (Å²) in [6.07, 6.45) is 2.61. The highest BCUT2D eigenvalue weighted by Gasteiger charge is 2.05. The van der Waals surface area contributed by atoms with Crippen LogP contribution in [-0.2, 0) is 0 Å². The number of hydrogen-bond donors (Lipinski definition) is 1. The first-order valence-electron chi connectivity index (χ1n) is 6.49. The molecule has 0 bridgehead atoms. The summed E-state index contributed by atoms with van der Waals surface area (Å²) in [6.45, 7) is 9.09. The second-order valence-electron chi connectivity index (χ2n) is 4.86. The van der Waals surface area contributed by atoms with E-state index in [4.69, 9.17) is 0 Å². The maximum Gasteiger partial charge on any atom is 0.00176 e. The van der Waals surface area contributed by atoms with Gasteiger partial charge in [-0.3, -0.25) is 0 Å². The van der Waals surface area contributed by atoms with E-state index in [1.165, 1.54) is 18.4 Å². The molecule has 2 atom stereocenters. The van der Waals surface area contributed by atoms with Crippen molar-refractivity contribution in [3.05, 3.63) is 35.9 Å². The molecule has 2 unspecified atom stereocenters. The average molecular weight is 219 g/mol. The minimum Gasteiger partial charge on any atom is -0.316 e. The largest absolute Gasteiger partial charge is 0.316 e. The first kappa shape index (κ1) is 13.2. The van der Waals surface area contributed by atoms with Crippen molar-refractivity contribution in [2.45, 2.75) is 39.5 Å². The van der Waals surface area contributed by atoms with Crippen LogP contribution in [0, 0.1) is 5.92 Å². The van der Waals surface area contributed by atoms with Crippen molar-refractivity contribution in [1.82, 2.24) is 5.32 Å². The molecule has 0 amide bonds. The molecule has 0 saturated carbocycles. The van der Waals surface area contributed by atoms with Gasteiger partial charge in [0.2, 0.25) is 0 Å². The Kier molecular flexibility index (Phi) is 6.17. The van der Waals surface area contributed by atoms with E-state index in [0.717, 1.165) is 19.0 Å². The SMILES string of the molecule is CCCC(C)CNCC(C)c1ccccc1. The Bertz CT molecular complexity index is 268. The van der Waals surface area contributed by atoms with E-state index in [2.05, 4.69) is 56.4 Å². The third kappa shape index (κ3) is 4.80. The summed E-state index contributed by atoms with van der Waals surface area (Å²) in [7, 11) is 0. The minimum atomic E-state index is 0.607. The summed E-state index contributed by atoms with van der Waals surface area (Å²) in [6, 6.07) is 10.7. The highest BCUT2D eigenvalue weighted by atomic mass is 14.9. The highest BCUT2D eigenvalue weighted by Crippen LogP contribution is 2.13. The summed E-state index contributed by atoms with van der Waals surface area (Å²) in [4.78, 5) is 0. The van der Waals surface area contributed by atoms with Gasteiger partial charge in [-0.2, -0.15) is 0 Å². The quantitative estimate of drug-likeness (QED) is 0.735. The van der Waals surface area contributed by atoms with E-state index in [1.807, 2.05) is 0 Å². The summed E-state index contributed by atoms with van der Waals surface area (Å²) in [5.41, 5.74) is 1.43. The lowest BCUT2D eigenvalue weighted by Gasteiger charge is -2.15. The fourth-order valence-corrected chi connectivity index (χ4v) is 2.04. The Balaban J connectivity index is 2.23. The van der Waals surface area contributed by atoms with Gasteiger partial charge in [-0.25, -0.2) is 0 Å². The third-order valence-corrected chi connectivity index (χ3v) is 3.09. The van der Waals surface area contributed by atoms with Crippen molar-refractivity contribution in [3.63, 3.8) is 0 Å². The van der Waals surface area contributed by atoms with Gasteiger partial charge in [0.05, 0.1) is 0 Å². The zero-order valence-corrected chi connectivity index (χ0v) is 10.9. The normalized spacial score (nSPS) is 14.7. The summed E-state index contributed by atoms with van der Waals surface area (Å²) < 4.78 is 0. The molecule has 1 aromatic rings. The van der Waals surface area contributed by atoms with E-state index < -0.39 is 0 Å². The average Bonchev–Trinajstić information content (AvgIpc) is 2.30. The van der Waals surface area contributed by atoms with Gasteiger partial charge in [-0.1, -0.05) is 57.5 Å². The van der Waals surface area contributed by atoms with Gasteiger partial charge in [0, 0.05) is 6.54 Å². The smallest absolute Gasteiger partial charge is 0.00176 e. The van der Waals surface area contributed by atoms with Gasteiger partial charge in [0.25, 0.3) is 0 Å². The molecule has 0 aliphatic rings. The van der Waals surface area contributed by atoms with Crippen LogP contribution in [0.1, 0.15) is 45.1 Å². The molecule has 0 radical (unpaired) electrons. The number of benzene rings is 1. The van der Waals surface area contributed by atoms with Crippen LogP contribution in [0.25, 0.3) is 0 Å². The standard InChI is InChI=1S/C15H25N/c1-4-8-13(2)11-16-12-14(3)15-9-6-5-7-10-15/h5-7,9-10,13-14,16H,4,8,11-12H2,1-3H3. The summed E-state index contributed by atoms with van der Waals surface area (Å²) >= 11 is 0. The van der Waals surface area contributed by atoms with E-state index in [-0.39, 0.29) is 0 Å². The molecule has 0 saturated heterocycles. The van der Waals surface area contributed by atoms with Gasteiger partial charge >= 0.3 is 0 Å². The fourth-order valence-electron chi connectivity index (χ4n) is 2.04. The van der Waals surface area contributed by atoms with Crippen molar-refractivity contribution in [1.29, 1.82) is 0 Å². The monoisotopic (exact) mass is 219 g/mol. The molecular weight excluding hydrogens is 194 g/mol. The van der Waals surface area contributed by atoms with Crippen LogP contribution in [0.15, 0.2) is 30.3 Å². The van der Waals surface area contributed by atoms with Crippen LogP contribution in [0.3, 0.4) is 0 Å². The molecule has 1 heteroatoms.